The van der Waals surface area contributed by atoms with E-state index >= 15 is 0 Å². The van der Waals surface area contributed by atoms with Crippen molar-refractivity contribution in [1.29, 1.82) is 0 Å². The van der Waals surface area contributed by atoms with E-state index in [0.29, 0.717) is 4.47 Å². The summed E-state index contributed by atoms with van der Waals surface area (Å²) in [4.78, 5) is 11.9. The number of nitrogens with one attached hydrogen (secondary N) is 1. The average Bonchev–Trinajstić information content (AvgIpc) is 2.27. The molecule has 3 nitrogen and oxygen atoms in total. The highest BCUT2D eigenvalue weighted by atomic mass is 79.9. The topological polar surface area (TPSA) is 38.3 Å². The first-order valence-electron chi connectivity index (χ1n) is 5.42. The van der Waals surface area contributed by atoms with Gasteiger partial charge in [-0.1, -0.05) is 0 Å². The number of rotatable bonds is 4. The first-order valence-corrected chi connectivity index (χ1v) is 6.21. The number of benzene rings is 1. The number of carbonyl (C=O) groups is 1. The standard InChI is InChI=1S/C12H13BrF3NO2/c1-7(6-19-2)17-11(18)9-5-8(12(14,15)16)3-4-10(9)13/h3-5,7H,6H2,1-2H3,(H,17,18). The van der Waals surface area contributed by atoms with Crippen LogP contribution in [0.5, 0.6) is 0 Å². The molecule has 0 radical (unpaired) electrons. The number of ether oxygens (including phenoxy) is 1. The Kier molecular flexibility index (Phi) is 5.37. The summed E-state index contributed by atoms with van der Waals surface area (Å²) in [5.41, 5.74) is -0.918. The van der Waals surface area contributed by atoms with Crippen LogP contribution in [0.15, 0.2) is 22.7 Å². The van der Waals surface area contributed by atoms with Gasteiger partial charge >= 0.3 is 6.18 Å². The second kappa shape index (κ2) is 6.38. The Morgan fingerprint density at radius 2 is 2.11 bits per heavy atom. The summed E-state index contributed by atoms with van der Waals surface area (Å²) in [6.45, 7) is 1.98. The number of hydrogen-bond donors (Lipinski definition) is 1. The lowest BCUT2D eigenvalue weighted by Gasteiger charge is -2.15. The molecule has 0 bridgehead atoms. The number of amides is 1. The minimum atomic E-state index is -4.48. The van der Waals surface area contributed by atoms with Crippen LogP contribution in [0.25, 0.3) is 0 Å². The van der Waals surface area contributed by atoms with E-state index in [4.69, 9.17) is 4.74 Å². The highest BCUT2D eigenvalue weighted by molar-refractivity contribution is 9.10. The minimum absolute atomic E-state index is 0.0576. The SMILES string of the molecule is COCC(C)NC(=O)c1cc(C(F)(F)F)ccc1Br. The van der Waals surface area contributed by atoms with E-state index < -0.39 is 17.6 Å². The van der Waals surface area contributed by atoms with Crippen LogP contribution >= 0.6 is 15.9 Å². The molecule has 0 aliphatic heterocycles. The van der Waals surface area contributed by atoms with Crippen molar-refractivity contribution in [2.75, 3.05) is 13.7 Å². The third kappa shape index (κ3) is 4.50. The fourth-order valence-electron chi connectivity index (χ4n) is 1.47. The predicted molar refractivity (Wildman–Crippen MR) is 67.9 cm³/mol. The Balaban J connectivity index is 2.96. The Morgan fingerprint density at radius 3 is 2.63 bits per heavy atom. The zero-order valence-corrected chi connectivity index (χ0v) is 11.9. The third-order valence-corrected chi connectivity index (χ3v) is 3.02. The largest absolute Gasteiger partial charge is 0.416 e. The molecule has 106 valence electrons. The van der Waals surface area contributed by atoms with Crippen LogP contribution in [0.3, 0.4) is 0 Å². The average molecular weight is 340 g/mol. The van der Waals surface area contributed by atoms with Gasteiger partial charge in [0.25, 0.3) is 5.91 Å². The van der Waals surface area contributed by atoms with Crippen LogP contribution in [0.4, 0.5) is 13.2 Å². The quantitative estimate of drug-likeness (QED) is 0.914. The van der Waals surface area contributed by atoms with Gasteiger partial charge < -0.3 is 10.1 Å². The Hall–Kier alpha value is -1.08. The smallest absolute Gasteiger partial charge is 0.383 e. The number of halogens is 4. The number of carbonyl (C=O) groups excluding carboxylic acids is 1. The molecule has 0 saturated carbocycles. The van der Waals surface area contributed by atoms with Crippen molar-refractivity contribution in [3.63, 3.8) is 0 Å². The molecular formula is C12H13BrF3NO2. The van der Waals surface area contributed by atoms with Crippen LogP contribution in [-0.2, 0) is 10.9 Å². The monoisotopic (exact) mass is 339 g/mol. The summed E-state index contributed by atoms with van der Waals surface area (Å²) < 4.78 is 42.9. The van der Waals surface area contributed by atoms with Crippen LogP contribution in [-0.4, -0.2) is 25.7 Å². The molecule has 0 saturated heterocycles. The Morgan fingerprint density at radius 1 is 1.47 bits per heavy atom. The molecule has 19 heavy (non-hydrogen) atoms. The van der Waals surface area contributed by atoms with Gasteiger partial charge in [0.05, 0.1) is 17.7 Å². The molecule has 1 aromatic carbocycles. The van der Waals surface area contributed by atoms with Gasteiger partial charge in [0.15, 0.2) is 0 Å². The summed E-state index contributed by atoms with van der Waals surface area (Å²) in [6.07, 6.45) is -4.48. The van der Waals surface area contributed by atoms with Gasteiger partial charge in [-0.15, -0.1) is 0 Å². The van der Waals surface area contributed by atoms with Crippen molar-refractivity contribution in [2.24, 2.45) is 0 Å². The number of hydrogen-bond acceptors (Lipinski definition) is 2. The normalized spacial score (nSPS) is 13.2. The molecule has 0 aromatic heterocycles. The molecule has 0 aliphatic carbocycles. The van der Waals surface area contributed by atoms with E-state index in [1.54, 1.807) is 6.92 Å². The third-order valence-electron chi connectivity index (χ3n) is 2.33. The number of alkyl halides is 3. The van der Waals surface area contributed by atoms with E-state index in [1.807, 2.05) is 0 Å². The van der Waals surface area contributed by atoms with Gasteiger partial charge in [-0.05, 0) is 41.1 Å². The molecule has 0 heterocycles. The first-order chi connectivity index (χ1) is 8.75. The molecule has 1 unspecified atom stereocenters. The van der Waals surface area contributed by atoms with E-state index in [0.717, 1.165) is 12.1 Å². The van der Waals surface area contributed by atoms with Gasteiger partial charge in [0.1, 0.15) is 0 Å². The molecule has 0 fully saturated rings. The second-order valence-corrected chi connectivity index (χ2v) is 4.88. The van der Waals surface area contributed by atoms with Crippen LogP contribution in [0, 0.1) is 0 Å². The van der Waals surface area contributed by atoms with Crippen molar-refractivity contribution < 1.29 is 22.7 Å². The van der Waals surface area contributed by atoms with Crippen LogP contribution in [0.2, 0.25) is 0 Å². The fraction of sp³-hybridized carbons (Fsp3) is 0.417. The summed E-state index contributed by atoms with van der Waals surface area (Å²) >= 11 is 3.07. The van der Waals surface area contributed by atoms with E-state index in [2.05, 4.69) is 21.2 Å². The first kappa shape index (κ1) is 16.0. The lowest BCUT2D eigenvalue weighted by molar-refractivity contribution is -0.137. The Labute approximate surface area is 117 Å². The van der Waals surface area contributed by atoms with Crippen molar-refractivity contribution in [1.82, 2.24) is 5.32 Å². The van der Waals surface area contributed by atoms with Gasteiger partial charge in [-0.2, -0.15) is 13.2 Å². The van der Waals surface area contributed by atoms with Gasteiger partial charge in [-0.25, -0.2) is 0 Å². The van der Waals surface area contributed by atoms with Gasteiger partial charge in [0, 0.05) is 17.6 Å². The Bertz CT molecular complexity index is 463. The summed E-state index contributed by atoms with van der Waals surface area (Å²) in [5, 5.41) is 2.56. The minimum Gasteiger partial charge on any atom is -0.383 e. The van der Waals surface area contributed by atoms with E-state index in [1.165, 1.54) is 13.2 Å². The maximum Gasteiger partial charge on any atom is 0.416 e. The zero-order chi connectivity index (χ0) is 14.6. The summed E-state index contributed by atoms with van der Waals surface area (Å²) in [6, 6.07) is 2.65. The highest BCUT2D eigenvalue weighted by Crippen LogP contribution is 2.31. The van der Waals surface area contributed by atoms with Gasteiger partial charge in [-0.3, -0.25) is 4.79 Å². The molecule has 1 rings (SSSR count). The summed E-state index contributed by atoms with van der Waals surface area (Å²) in [7, 11) is 1.48. The molecule has 1 amide bonds. The molecule has 1 aromatic rings. The van der Waals surface area contributed by atoms with Crippen molar-refractivity contribution in [3.05, 3.63) is 33.8 Å². The molecular weight excluding hydrogens is 327 g/mol. The van der Waals surface area contributed by atoms with Crippen molar-refractivity contribution in [2.45, 2.75) is 19.1 Å². The lowest BCUT2D eigenvalue weighted by Crippen LogP contribution is -2.35. The molecule has 0 aliphatic rings. The van der Waals surface area contributed by atoms with E-state index in [9.17, 15) is 18.0 Å². The van der Waals surface area contributed by atoms with Gasteiger partial charge in [0.2, 0.25) is 0 Å². The van der Waals surface area contributed by atoms with Crippen molar-refractivity contribution >= 4 is 21.8 Å². The molecule has 1 N–H and O–H groups in total. The van der Waals surface area contributed by atoms with Crippen LogP contribution < -0.4 is 5.32 Å². The zero-order valence-electron chi connectivity index (χ0n) is 10.3. The van der Waals surface area contributed by atoms with E-state index in [-0.39, 0.29) is 18.2 Å². The lowest BCUT2D eigenvalue weighted by atomic mass is 10.1. The fourth-order valence-corrected chi connectivity index (χ4v) is 1.90. The van der Waals surface area contributed by atoms with Crippen LogP contribution in [0.1, 0.15) is 22.8 Å². The highest BCUT2D eigenvalue weighted by Gasteiger charge is 2.31. The molecule has 1 atom stereocenters. The molecule has 7 heteroatoms. The molecule has 0 spiro atoms. The second-order valence-electron chi connectivity index (χ2n) is 4.02. The maximum absolute atomic E-state index is 12.6. The maximum atomic E-state index is 12.6. The number of methoxy groups -OCH3 is 1. The van der Waals surface area contributed by atoms with Crippen molar-refractivity contribution in [3.8, 4) is 0 Å². The predicted octanol–water partition coefficient (Wildman–Crippen LogP) is 3.23. The summed E-state index contributed by atoms with van der Waals surface area (Å²) in [5.74, 6) is -0.581.